The van der Waals surface area contributed by atoms with Crippen LogP contribution in [0.25, 0.3) is 0 Å². The van der Waals surface area contributed by atoms with Crippen molar-refractivity contribution < 1.29 is 9.53 Å². The van der Waals surface area contributed by atoms with Gasteiger partial charge in [0, 0.05) is 18.7 Å². The summed E-state index contributed by atoms with van der Waals surface area (Å²) in [6.07, 6.45) is 1.03. The smallest absolute Gasteiger partial charge is 0.233 e. The number of amides is 1. The van der Waals surface area contributed by atoms with E-state index < -0.39 is 0 Å². The van der Waals surface area contributed by atoms with Gasteiger partial charge < -0.3 is 15.4 Å². The summed E-state index contributed by atoms with van der Waals surface area (Å²) in [6, 6.07) is 7.81. The quantitative estimate of drug-likeness (QED) is 0.846. The summed E-state index contributed by atoms with van der Waals surface area (Å²) in [6.45, 7) is 2.77. The van der Waals surface area contributed by atoms with E-state index in [0.717, 1.165) is 30.8 Å². The maximum absolute atomic E-state index is 12.5. The Morgan fingerprint density at radius 1 is 1.44 bits per heavy atom. The molecule has 1 fully saturated rings. The highest BCUT2D eigenvalue weighted by molar-refractivity contribution is 5.85. The van der Waals surface area contributed by atoms with E-state index in [1.807, 2.05) is 29.2 Å². The molecule has 1 amide bonds. The number of para-hydroxylation sites is 1. The number of ether oxygens (including phenoxy) is 1. The number of hydrogen-bond acceptors (Lipinski definition) is 3. The lowest BCUT2D eigenvalue weighted by Gasteiger charge is -2.19. The number of rotatable bonds is 2. The van der Waals surface area contributed by atoms with Gasteiger partial charge >= 0.3 is 0 Å². The van der Waals surface area contributed by atoms with Crippen molar-refractivity contribution in [2.24, 2.45) is 11.7 Å². The zero-order valence-corrected chi connectivity index (χ0v) is 10.3. The van der Waals surface area contributed by atoms with Crippen molar-refractivity contribution in [1.29, 1.82) is 0 Å². The summed E-state index contributed by atoms with van der Waals surface area (Å²) in [4.78, 5) is 14.4. The minimum absolute atomic E-state index is 0.127. The lowest BCUT2D eigenvalue weighted by molar-refractivity contribution is -0.132. The fourth-order valence-electron chi connectivity index (χ4n) is 2.81. The Labute approximate surface area is 107 Å². The number of hydrogen-bond donors (Lipinski definition) is 1. The molecule has 4 nitrogen and oxygen atoms in total. The number of carbonyl (C=O) groups excluding carboxylic acids is 1. The topological polar surface area (TPSA) is 55.6 Å². The first kappa shape index (κ1) is 11.5. The maximum atomic E-state index is 12.5. The molecule has 4 heteroatoms. The van der Waals surface area contributed by atoms with Crippen molar-refractivity contribution in [3.8, 4) is 5.75 Å². The summed E-state index contributed by atoms with van der Waals surface area (Å²) in [5, 5.41) is 0. The highest BCUT2D eigenvalue weighted by Crippen LogP contribution is 2.35. The SMILES string of the molecule is NC[C@H]1CCN(C(=O)[C@@H]2COc3ccccc32)C1. The van der Waals surface area contributed by atoms with Crippen molar-refractivity contribution >= 4 is 5.91 Å². The molecule has 2 atom stereocenters. The van der Waals surface area contributed by atoms with Crippen molar-refractivity contribution in [2.75, 3.05) is 26.2 Å². The van der Waals surface area contributed by atoms with Crippen LogP contribution >= 0.6 is 0 Å². The first-order chi connectivity index (χ1) is 8.79. The van der Waals surface area contributed by atoms with E-state index >= 15 is 0 Å². The van der Waals surface area contributed by atoms with E-state index in [9.17, 15) is 4.79 Å². The van der Waals surface area contributed by atoms with Gasteiger partial charge in [0.05, 0.1) is 0 Å². The van der Waals surface area contributed by atoms with Gasteiger partial charge in [0.25, 0.3) is 0 Å². The summed E-state index contributed by atoms with van der Waals surface area (Å²) in [7, 11) is 0. The Kier molecular flexibility index (Phi) is 2.96. The van der Waals surface area contributed by atoms with E-state index in [0.29, 0.717) is 19.1 Å². The van der Waals surface area contributed by atoms with Gasteiger partial charge in [0.15, 0.2) is 0 Å². The van der Waals surface area contributed by atoms with E-state index in [-0.39, 0.29) is 11.8 Å². The molecule has 2 aliphatic rings. The van der Waals surface area contributed by atoms with Crippen molar-refractivity contribution in [2.45, 2.75) is 12.3 Å². The summed E-state index contributed by atoms with van der Waals surface area (Å²) >= 11 is 0. The molecule has 1 aromatic rings. The summed E-state index contributed by atoms with van der Waals surface area (Å²) in [5.74, 6) is 1.38. The van der Waals surface area contributed by atoms with E-state index in [2.05, 4.69) is 0 Å². The van der Waals surface area contributed by atoms with Crippen LogP contribution in [0, 0.1) is 5.92 Å². The zero-order valence-electron chi connectivity index (χ0n) is 10.3. The lowest BCUT2D eigenvalue weighted by atomic mass is 10.00. The third-order valence-corrected chi connectivity index (χ3v) is 3.93. The van der Waals surface area contributed by atoms with Crippen LogP contribution in [0.4, 0.5) is 0 Å². The number of nitrogens with two attached hydrogens (primary N) is 1. The van der Waals surface area contributed by atoms with Gasteiger partial charge in [-0.3, -0.25) is 4.79 Å². The van der Waals surface area contributed by atoms with Crippen LogP contribution in [0.5, 0.6) is 5.75 Å². The van der Waals surface area contributed by atoms with Crippen molar-refractivity contribution in [1.82, 2.24) is 4.90 Å². The Bertz CT molecular complexity index is 461. The molecule has 0 aromatic heterocycles. The molecule has 2 aliphatic heterocycles. The Balaban J connectivity index is 1.75. The number of fused-ring (bicyclic) bond motifs is 1. The molecule has 18 heavy (non-hydrogen) atoms. The first-order valence-electron chi connectivity index (χ1n) is 6.50. The van der Waals surface area contributed by atoms with Crippen LogP contribution in [-0.4, -0.2) is 37.0 Å². The second-order valence-corrected chi connectivity index (χ2v) is 5.08. The minimum atomic E-state index is -0.127. The Morgan fingerprint density at radius 3 is 3.06 bits per heavy atom. The van der Waals surface area contributed by atoms with E-state index in [1.54, 1.807) is 0 Å². The first-order valence-corrected chi connectivity index (χ1v) is 6.50. The number of nitrogens with zero attached hydrogens (tertiary/aromatic N) is 1. The lowest BCUT2D eigenvalue weighted by Crippen LogP contribution is -2.34. The average Bonchev–Trinajstić information content (AvgIpc) is 3.04. The highest BCUT2D eigenvalue weighted by Gasteiger charge is 2.35. The van der Waals surface area contributed by atoms with Crippen LogP contribution in [0.15, 0.2) is 24.3 Å². The van der Waals surface area contributed by atoms with Gasteiger partial charge in [0.1, 0.15) is 18.3 Å². The molecule has 2 N–H and O–H groups in total. The predicted molar refractivity (Wildman–Crippen MR) is 68.4 cm³/mol. The monoisotopic (exact) mass is 246 g/mol. The van der Waals surface area contributed by atoms with Crippen molar-refractivity contribution in [3.05, 3.63) is 29.8 Å². The van der Waals surface area contributed by atoms with Gasteiger partial charge in [-0.05, 0) is 24.9 Å². The highest BCUT2D eigenvalue weighted by atomic mass is 16.5. The van der Waals surface area contributed by atoms with Crippen molar-refractivity contribution in [3.63, 3.8) is 0 Å². The van der Waals surface area contributed by atoms with Crippen LogP contribution < -0.4 is 10.5 Å². The molecule has 0 bridgehead atoms. The second kappa shape index (κ2) is 4.61. The van der Waals surface area contributed by atoms with E-state index in [4.69, 9.17) is 10.5 Å². The molecule has 0 aliphatic carbocycles. The number of carbonyl (C=O) groups is 1. The number of benzene rings is 1. The van der Waals surface area contributed by atoms with E-state index in [1.165, 1.54) is 0 Å². The predicted octanol–water partition coefficient (Wildman–Crippen LogP) is 0.970. The normalized spacial score (nSPS) is 25.9. The molecule has 0 saturated carbocycles. The zero-order chi connectivity index (χ0) is 12.5. The van der Waals surface area contributed by atoms with Gasteiger partial charge in [-0.25, -0.2) is 0 Å². The molecule has 0 unspecified atom stereocenters. The molecule has 96 valence electrons. The van der Waals surface area contributed by atoms with Gasteiger partial charge in [-0.2, -0.15) is 0 Å². The van der Waals surface area contributed by atoms with Crippen LogP contribution in [-0.2, 0) is 4.79 Å². The fourth-order valence-corrected chi connectivity index (χ4v) is 2.81. The minimum Gasteiger partial charge on any atom is -0.492 e. The van der Waals surface area contributed by atoms with Crippen LogP contribution in [0.1, 0.15) is 17.9 Å². The Hall–Kier alpha value is -1.55. The van der Waals surface area contributed by atoms with Crippen LogP contribution in [0.3, 0.4) is 0 Å². The third kappa shape index (κ3) is 1.86. The Morgan fingerprint density at radius 2 is 2.28 bits per heavy atom. The van der Waals surface area contributed by atoms with Gasteiger partial charge in [-0.15, -0.1) is 0 Å². The molecule has 3 rings (SSSR count). The third-order valence-electron chi connectivity index (χ3n) is 3.93. The standard InChI is InChI=1S/C14H18N2O2/c15-7-10-5-6-16(8-10)14(17)12-9-18-13-4-2-1-3-11(12)13/h1-4,10,12H,5-9,15H2/t10-,12-/m1/s1. The fraction of sp³-hybridized carbons (Fsp3) is 0.500. The van der Waals surface area contributed by atoms with Gasteiger partial charge in [0.2, 0.25) is 5.91 Å². The maximum Gasteiger partial charge on any atom is 0.233 e. The summed E-state index contributed by atoms with van der Waals surface area (Å²) in [5.41, 5.74) is 6.69. The molecule has 2 heterocycles. The molecule has 0 spiro atoms. The second-order valence-electron chi connectivity index (χ2n) is 5.08. The molecular weight excluding hydrogens is 228 g/mol. The molecule has 1 aromatic carbocycles. The molecule has 1 saturated heterocycles. The average molecular weight is 246 g/mol. The van der Waals surface area contributed by atoms with Gasteiger partial charge in [-0.1, -0.05) is 18.2 Å². The molecule has 0 radical (unpaired) electrons. The molecular formula is C14H18N2O2. The summed E-state index contributed by atoms with van der Waals surface area (Å²) < 4.78 is 5.57. The number of likely N-dealkylation sites (tertiary alicyclic amines) is 1. The largest absolute Gasteiger partial charge is 0.492 e. The van der Waals surface area contributed by atoms with Crippen LogP contribution in [0.2, 0.25) is 0 Å².